The Bertz CT molecular complexity index is 957. The molecule has 2 fully saturated rings. The third-order valence-electron chi connectivity index (χ3n) is 5.74. The average Bonchev–Trinajstić information content (AvgIpc) is 3.31. The molecule has 32 heavy (non-hydrogen) atoms. The van der Waals surface area contributed by atoms with Crippen LogP contribution in [-0.2, 0) is 25.7 Å². The number of fused-ring (bicyclic) bond motifs is 2. The van der Waals surface area contributed by atoms with E-state index in [1.165, 1.54) is 18.2 Å². The lowest BCUT2D eigenvalue weighted by atomic mass is 9.83. The lowest BCUT2D eigenvalue weighted by Gasteiger charge is -2.27. The Kier molecular flexibility index (Phi) is 7.79. The zero-order valence-corrected chi connectivity index (χ0v) is 18.1. The van der Waals surface area contributed by atoms with E-state index in [4.69, 9.17) is 9.84 Å². The summed E-state index contributed by atoms with van der Waals surface area (Å²) in [5.41, 5.74) is -0.456. The second-order valence-corrected chi connectivity index (χ2v) is 9.66. The van der Waals surface area contributed by atoms with E-state index in [1.807, 2.05) is 12.2 Å². The molecule has 6 nitrogen and oxygen atoms in total. The van der Waals surface area contributed by atoms with E-state index in [9.17, 15) is 26.4 Å². The average molecular weight is 474 g/mol. The second kappa shape index (κ2) is 10.2. The molecule has 0 radical (unpaired) electrons. The lowest BCUT2D eigenvalue weighted by Crippen LogP contribution is -2.46. The number of sulfonamides is 1. The fraction of sp³-hybridized carbons (Fsp3) is 0.500. The first-order valence-corrected chi connectivity index (χ1v) is 12.0. The van der Waals surface area contributed by atoms with Gasteiger partial charge in [-0.2, -0.15) is 13.2 Å². The predicted molar refractivity (Wildman–Crippen MR) is 113 cm³/mol. The number of carbonyl (C=O) groups is 1. The molecule has 3 rings (SSSR count). The van der Waals surface area contributed by atoms with Crippen LogP contribution in [0.15, 0.2) is 41.8 Å². The summed E-state index contributed by atoms with van der Waals surface area (Å²) in [5, 5.41) is 9.62. The van der Waals surface area contributed by atoms with E-state index in [-0.39, 0.29) is 30.6 Å². The highest BCUT2D eigenvalue weighted by atomic mass is 32.2. The van der Waals surface area contributed by atoms with Crippen LogP contribution in [0.25, 0.3) is 6.08 Å². The Hall–Kier alpha value is -2.17. The van der Waals surface area contributed by atoms with E-state index < -0.39 is 27.7 Å². The van der Waals surface area contributed by atoms with Gasteiger partial charge in [-0.05, 0) is 55.9 Å². The van der Waals surface area contributed by atoms with Crippen molar-refractivity contribution in [3.05, 3.63) is 53.0 Å². The van der Waals surface area contributed by atoms with Crippen molar-refractivity contribution in [2.24, 2.45) is 5.92 Å². The molecule has 2 saturated heterocycles. The minimum Gasteiger partial charge on any atom is -0.481 e. The van der Waals surface area contributed by atoms with Gasteiger partial charge in [0.1, 0.15) is 0 Å². The van der Waals surface area contributed by atoms with Gasteiger partial charge in [-0.25, -0.2) is 13.1 Å². The Morgan fingerprint density at radius 3 is 2.50 bits per heavy atom. The van der Waals surface area contributed by atoms with Gasteiger partial charge in [0.2, 0.25) is 10.0 Å². The molecule has 4 unspecified atom stereocenters. The smallest absolute Gasteiger partial charge is 0.416 e. The largest absolute Gasteiger partial charge is 0.481 e. The Balaban J connectivity index is 1.59. The van der Waals surface area contributed by atoms with Gasteiger partial charge in [-0.15, -0.1) is 0 Å². The van der Waals surface area contributed by atoms with Crippen LogP contribution in [0.4, 0.5) is 13.2 Å². The number of hydrogen-bond donors (Lipinski definition) is 2. The quantitative estimate of drug-likeness (QED) is 0.390. The molecule has 2 bridgehead atoms. The monoisotopic (exact) mass is 473 g/mol. The standard InChI is InChI=1S/C22H26F3NO5S/c23-22(24,25)16-9-7-15(8-10-16)13-14-32(29,30)26-21-17(18-11-12-19(21)31-18)5-3-1-2-4-6-20(27)28/h1,3,7-10,13-14,17-19,21,26H,2,4-6,11-12H2,(H,27,28)/b3-1+,14-13+. The molecule has 0 spiro atoms. The number of aliphatic carboxylic acids is 1. The second-order valence-electron chi connectivity index (χ2n) is 8.06. The summed E-state index contributed by atoms with van der Waals surface area (Å²) in [6, 6.07) is 3.85. The van der Waals surface area contributed by atoms with Crippen LogP contribution < -0.4 is 4.72 Å². The van der Waals surface area contributed by atoms with E-state index in [1.54, 1.807) is 0 Å². The van der Waals surface area contributed by atoms with Crippen LogP contribution in [0.3, 0.4) is 0 Å². The number of alkyl halides is 3. The molecule has 4 atom stereocenters. The number of hydrogen-bond acceptors (Lipinski definition) is 4. The first-order chi connectivity index (χ1) is 15.0. The van der Waals surface area contributed by atoms with Crippen LogP contribution in [0.2, 0.25) is 0 Å². The molecule has 2 heterocycles. The number of halogens is 3. The lowest BCUT2D eigenvalue weighted by molar-refractivity contribution is -0.138. The molecule has 0 aromatic heterocycles. The van der Waals surface area contributed by atoms with Crippen molar-refractivity contribution >= 4 is 22.1 Å². The van der Waals surface area contributed by atoms with Crippen LogP contribution in [0, 0.1) is 5.92 Å². The third-order valence-corrected chi connectivity index (χ3v) is 6.83. The number of nitrogens with one attached hydrogen (secondary N) is 1. The van der Waals surface area contributed by atoms with Gasteiger partial charge in [-0.3, -0.25) is 4.79 Å². The Morgan fingerprint density at radius 2 is 1.84 bits per heavy atom. The van der Waals surface area contributed by atoms with Gasteiger partial charge >= 0.3 is 12.1 Å². The molecule has 2 N–H and O–H groups in total. The van der Waals surface area contributed by atoms with Gasteiger partial charge < -0.3 is 9.84 Å². The van der Waals surface area contributed by atoms with Crippen molar-refractivity contribution < 1.29 is 36.2 Å². The third kappa shape index (κ3) is 6.66. The molecule has 0 aliphatic carbocycles. The first kappa shape index (κ1) is 24.5. The summed E-state index contributed by atoms with van der Waals surface area (Å²) in [6.45, 7) is 0. The number of unbranched alkanes of at least 4 members (excludes halogenated alkanes) is 1. The summed E-state index contributed by atoms with van der Waals surface area (Å²) in [5.74, 6) is -0.863. The first-order valence-electron chi connectivity index (χ1n) is 10.4. The van der Waals surface area contributed by atoms with Crippen LogP contribution in [0.5, 0.6) is 0 Å². The Labute approximate surface area is 185 Å². The summed E-state index contributed by atoms with van der Waals surface area (Å²) in [4.78, 5) is 10.5. The van der Waals surface area contributed by atoms with Crippen molar-refractivity contribution in [1.29, 1.82) is 0 Å². The predicted octanol–water partition coefficient (Wildman–Crippen LogP) is 4.34. The highest BCUT2D eigenvalue weighted by Gasteiger charge is 2.49. The highest BCUT2D eigenvalue weighted by molar-refractivity contribution is 7.92. The van der Waals surface area contributed by atoms with E-state index in [0.29, 0.717) is 24.8 Å². The molecule has 1 aromatic carbocycles. The van der Waals surface area contributed by atoms with Gasteiger partial charge in [-0.1, -0.05) is 24.3 Å². The number of allylic oxidation sites excluding steroid dienone is 2. The molecule has 2 aliphatic heterocycles. The number of carboxylic acids is 1. The maximum absolute atomic E-state index is 12.6. The maximum atomic E-state index is 12.6. The van der Waals surface area contributed by atoms with Gasteiger partial charge in [0.25, 0.3) is 0 Å². The zero-order chi connectivity index (χ0) is 23.4. The zero-order valence-electron chi connectivity index (χ0n) is 17.3. The molecule has 0 amide bonds. The van der Waals surface area contributed by atoms with Gasteiger partial charge in [0.15, 0.2) is 0 Å². The van der Waals surface area contributed by atoms with Crippen molar-refractivity contribution in [3.8, 4) is 0 Å². The van der Waals surface area contributed by atoms with E-state index in [2.05, 4.69) is 4.72 Å². The minimum atomic E-state index is -4.45. The van der Waals surface area contributed by atoms with E-state index >= 15 is 0 Å². The van der Waals surface area contributed by atoms with Crippen molar-refractivity contribution in [2.75, 3.05) is 0 Å². The summed E-state index contributed by atoms with van der Waals surface area (Å²) < 4.78 is 71.7. The molecule has 1 aromatic rings. The number of rotatable bonds is 10. The number of carboxylic acid groups (broad SMARTS) is 1. The molecular formula is C22H26F3NO5S. The van der Waals surface area contributed by atoms with Crippen molar-refractivity contribution in [2.45, 2.75) is 63.0 Å². The van der Waals surface area contributed by atoms with Gasteiger partial charge in [0.05, 0.1) is 23.8 Å². The fourth-order valence-electron chi connectivity index (χ4n) is 4.16. The maximum Gasteiger partial charge on any atom is 0.416 e. The van der Waals surface area contributed by atoms with Gasteiger partial charge in [0, 0.05) is 17.7 Å². The normalized spacial score (nSPS) is 25.8. The summed E-state index contributed by atoms with van der Waals surface area (Å²) >= 11 is 0. The minimum absolute atomic E-state index is 0.0290. The number of ether oxygens (including phenoxy) is 1. The summed E-state index contributed by atoms with van der Waals surface area (Å²) in [6.07, 6.45) is 3.95. The highest BCUT2D eigenvalue weighted by Crippen LogP contribution is 2.41. The molecule has 176 valence electrons. The van der Waals surface area contributed by atoms with Crippen LogP contribution in [-0.4, -0.2) is 37.7 Å². The SMILES string of the molecule is O=C(O)CCC/C=C/CC1C2CCC(O2)C1NS(=O)(=O)/C=C/c1ccc(C(F)(F)F)cc1. The molecule has 2 aliphatic rings. The molecular weight excluding hydrogens is 447 g/mol. The topological polar surface area (TPSA) is 92.7 Å². The fourth-order valence-corrected chi connectivity index (χ4v) is 5.28. The Morgan fingerprint density at radius 1 is 1.16 bits per heavy atom. The molecule has 10 heteroatoms. The molecule has 0 saturated carbocycles. The van der Waals surface area contributed by atoms with Crippen molar-refractivity contribution in [3.63, 3.8) is 0 Å². The van der Waals surface area contributed by atoms with Crippen LogP contribution >= 0.6 is 0 Å². The summed E-state index contributed by atoms with van der Waals surface area (Å²) in [7, 11) is -3.83. The van der Waals surface area contributed by atoms with Crippen LogP contribution in [0.1, 0.15) is 49.7 Å². The number of benzene rings is 1. The van der Waals surface area contributed by atoms with Crippen molar-refractivity contribution in [1.82, 2.24) is 4.72 Å². The van der Waals surface area contributed by atoms with E-state index in [0.717, 1.165) is 30.4 Å².